The standard InChI is InChI=1S/C10H19N3O2S/c1-9-11-12-10(16)13(9)5-3-4-6-15-8-7-14-2/h3-8H2,1-2H3,(H,12,16). The monoisotopic (exact) mass is 245 g/mol. The summed E-state index contributed by atoms with van der Waals surface area (Å²) in [7, 11) is 1.67. The SMILES string of the molecule is COCCOCCCCn1c(C)n[nH]c1=S. The third-order valence-corrected chi connectivity index (χ3v) is 2.61. The van der Waals surface area contributed by atoms with Crippen LogP contribution in [0.1, 0.15) is 18.7 Å². The van der Waals surface area contributed by atoms with Crippen LogP contribution in [-0.4, -0.2) is 41.7 Å². The molecular weight excluding hydrogens is 226 g/mol. The Balaban J connectivity index is 2.10. The number of hydrogen-bond acceptors (Lipinski definition) is 4. The van der Waals surface area contributed by atoms with E-state index in [2.05, 4.69) is 10.2 Å². The van der Waals surface area contributed by atoms with Gasteiger partial charge in [0.1, 0.15) is 5.82 Å². The number of H-pyrrole nitrogens is 1. The summed E-state index contributed by atoms with van der Waals surface area (Å²) in [4.78, 5) is 0. The van der Waals surface area contributed by atoms with Gasteiger partial charge in [0.15, 0.2) is 4.77 Å². The normalized spacial score (nSPS) is 10.9. The number of aromatic nitrogens is 3. The fourth-order valence-electron chi connectivity index (χ4n) is 1.38. The van der Waals surface area contributed by atoms with E-state index in [4.69, 9.17) is 21.7 Å². The molecule has 1 aromatic heterocycles. The number of aromatic amines is 1. The summed E-state index contributed by atoms with van der Waals surface area (Å²) in [6.07, 6.45) is 2.07. The Labute approximate surface area is 101 Å². The van der Waals surface area contributed by atoms with Gasteiger partial charge in [0.2, 0.25) is 0 Å². The van der Waals surface area contributed by atoms with E-state index in [9.17, 15) is 0 Å². The van der Waals surface area contributed by atoms with Crippen LogP contribution in [0.5, 0.6) is 0 Å². The predicted molar refractivity (Wildman–Crippen MR) is 64.1 cm³/mol. The number of hydrogen-bond donors (Lipinski definition) is 1. The summed E-state index contributed by atoms with van der Waals surface area (Å²) >= 11 is 5.11. The van der Waals surface area contributed by atoms with Gasteiger partial charge in [-0.2, -0.15) is 5.10 Å². The van der Waals surface area contributed by atoms with E-state index in [0.29, 0.717) is 18.0 Å². The van der Waals surface area contributed by atoms with Crippen LogP contribution in [0.2, 0.25) is 0 Å². The number of methoxy groups -OCH3 is 1. The predicted octanol–water partition coefficient (Wildman–Crippen LogP) is 1.69. The first-order chi connectivity index (χ1) is 7.75. The number of nitrogens with zero attached hydrogens (tertiary/aromatic N) is 2. The van der Waals surface area contributed by atoms with Gasteiger partial charge in [-0.25, -0.2) is 0 Å². The molecule has 16 heavy (non-hydrogen) atoms. The molecule has 0 unspecified atom stereocenters. The largest absolute Gasteiger partial charge is 0.382 e. The molecule has 0 saturated heterocycles. The third-order valence-electron chi connectivity index (χ3n) is 2.30. The lowest BCUT2D eigenvalue weighted by Crippen LogP contribution is -2.05. The van der Waals surface area contributed by atoms with Crippen LogP contribution in [0.3, 0.4) is 0 Å². The molecule has 1 aromatic rings. The van der Waals surface area contributed by atoms with Crippen molar-refractivity contribution < 1.29 is 9.47 Å². The van der Waals surface area contributed by atoms with Gasteiger partial charge in [0.25, 0.3) is 0 Å². The molecule has 5 nitrogen and oxygen atoms in total. The van der Waals surface area contributed by atoms with E-state index < -0.39 is 0 Å². The molecule has 0 bridgehead atoms. The molecule has 0 aromatic carbocycles. The van der Waals surface area contributed by atoms with Crippen molar-refractivity contribution >= 4 is 12.2 Å². The second-order valence-electron chi connectivity index (χ2n) is 3.54. The molecule has 0 spiro atoms. The van der Waals surface area contributed by atoms with Crippen LogP contribution in [0.25, 0.3) is 0 Å². The summed E-state index contributed by atoms with van der Waals surface area (Å²) < 4.78 is 13.0. The zero-order valence-corrected chi connectivity index (χ0v) is 10.7. The second-order valence-corrected chi connectivity index (χ2v) is 3.93. The lowest BCUT2D eigenvalue weighted by Gasteiger charge is -2.05. The zero-order valence-electron chi connectivity index (χ0n) is 9.86. The number of rotatable bonds is 8. The van der Waals surface area contributed by atoms with Crippen molar-refractivity contribution in [3.8, 4) is 0 Å². The van der Waals surface area contributed by atoms with Gasteiger partial charge in [-0.05, 0) is 32.0 Å². The molecule has 0 atom stereocenters. The lowest BCUT2D eigenvalue weighted by molar-refractivity contribution is 0.0684. The van der Waals surface area contributed by atoms with E-state index >= 15 is 0 Å². The zero-order chi connectivity index (χ0) is 11.8. The van der Waals surface area contributed by atoms with E-state index in [-0.39, 0.29) is 0 Å². The molecule has 1 rings (SSSR count). The van der Waals surface area contributed by atoms with Crippen LogP contribution in [-0.2, 0) is 16.0 Å². The average Bonchev–Trinajstić information content (AvgIpc) is 2.59. The number of aryl methyl sites for hydroxylation is 1. The van der Waals surface area contributed by atoms with Gasteiger partial charge in [0.05, 0.1) is 13.2 Å². The number of unbranched alkanes of at least 4 members (excludes halogenated alkanes) is 1. The second kappa shape index (κ2) is 7.54. The van der Waals surface area contributed by atoms with Gasteiger partial charge >= 0.3 is 0 Å². The Morgan fingerprint density at radius 1 is 1.31 bits per heavy atom. The molecule has 0 amide bonds. The first-order valence-electron chi connectivity index (χ1n) is 5.44. The fraction of sp³-hybridized carbons (Fsp3) is 0.800. The highest BCUT2D eigenvalue weighted by Gasteiger charge is 1.99. The summed E-state index contributed by atoms with van der Waals surface area (Å²) in [5.74, 6) is 0.935. The van der Waals surface area contributed by atoms with Gasteiger partial charge < -0.3 is 14.0 Å². The molecule has 1 heterocycles. The van der Waals surface area contributed by atoms with Crippen molar-refractivity contribution in [1.29, 1.82) is 0 Å². The minimum Gasteiger partial charge on any atom is -0.382 e. The molecule has 6 heteroatoms. The van der Waals surface area contributed by atoms with Crippen LogP contribution < -0.4 is 0 Å². The molecule has 0 aliphatic rings. The minimum atomic E-state index is 0.659. The number of nitrogens with one attached hydrogen (secondary N) is 1. The highest BCUT2D eigenvalue weighted by molar-refractivity contribution is 7.71. The minimum absolute atomic E-state index is 0.659. The highest BCUT2D eigenvalue weighted by atomic mass is 32.1. The van der Waals surface area contributed by atoms with Crippen molar-refractivity contribution in [3.05, 3.63) is 10.6 Å². The smallest absolute Gasteiger partial charge is 0.195 e. The molecule has 92 valence electrons. The van der Waals surface area contributed by atoms with Gasteiger partial charge in [-0.15, -0.1) is 0 Å². The van der Waals surface area contributed by atoms with Crippen molar-refractivity contribution in [2.45, 2.75) is 26.3 Å². The van der Waals surface area contributed by atoms with E-state index in [0.717, 1.165) is 31.8 Å². The molecule has 0 aliphatic heterocycles. The summed E-state index contributed by atoms with van der Waals surface area (Å²) in [5, 5.41) is 6.83. The Morgan fingerprint density at radius 3 is 2.75 bits per heavy atom. The summed E-state index contributed by atoms with van der Waals surface area (Å²) in [5.41, 5.74) is 0. The maximum absolute atomic E-state index is 5.37. The van der Waals surface area contributed by atoms with Crippen molar-refractivity contribution in [2.24, 2.45) is 0 Å². The van der Waals surface area contributed by atoms with E-state index in [1.54, 1.807) is 7.11 Å². The Morgan fingerprint density at radius 2 is 2.12 bits per heavy atom. The summed E-state index contributed by atoms with van der Waals surface area (Å²) in [6, 6.07) is 0. The quantitative estimate of drug-likeness (QED) is 0.559. The molecule has 0 saturated carbocycles. The Bertz CT molecular complexity index is 348. The average molecular weight is 245 g/mol. The number of ether oxygens (including phenoxy) is 2. The van der Waals surface area contributed by atoms with Crippen LogP contribution in [0, 0.1) is 11.7 Å². The van der Waals surface area contributed by atoms with Crippen LogP contribution in [0.4, 0.5) is 0 Å². The van der Waals surface area contributed by atoms with Crippen molar-refractivity contribution in [3.63, 3.8) is 0 Å². The first-order valence-corrected chi connectivity index (χ1v) is 5.85. The Hall–Kier alpha value is -0.720. The lowest BCUT2D eigenvalue weighted by atomic mass is 10.3. The van der Waals surface area contributed by atoms with E-state index in [1.165, 1.54) is 0 Å². The maximum Gasteiger partial charge on any atom is 0.195 e. The van der Waals surface area contributed by atoms with E-state index in [1.807, 2.05) is 11.5 Å². The van der Waals surface area contributed by atoms with Gasteiger partial charge in [-0.1, -0.05) is 0 Å². The fourth-order valence-corrected chi connectivity index (χ4v) is 1.65. The first kappa shape index (κ1) is 13.3. The third kappa shape index (κ3) is 4.42. The van der Waals surface area contributed by atoms with Gasteiger partial charge in [-0.3, -0.25) is 5.10 Å². The maximum atomic E-state index is 5.37. The molecule has 0 aliphatic carbocycles. The molecular formula is C10H19N3O2S. The van der Waals surface area contributed by atoms with Crippen LogP contribution >= 0.6 is 12.2 Å². The van der Waals surface area contributed by atoms with Crippen molar-refractivity contribution in [1.82, 2.24) is 14.8 Å². The highest BCUT2D eigenvalue weighted by Crippen LogP contribution is 2.00. The molecule has 0 fully saturated rings. The van der Waals surface area contributed by atoms with Crippen LogP contribution in [0.15, 0.2) is 0 Å². The Kier molecular flexibility index (Phi) is 6.29. The molecule has 0 radical (unpaired) electrons. The van der Waals surface area contributed by atoms with Gasteiger partial charge in [0, 0.05) is 20.3 Å². The topological polar surface area (TPSA) is 52.1 Å². The summed E-state index contributed by atoms with van der Waals surface area (Å²) in [6.45, 7) is 4.94. The molecule has 1 N–H and O–H groups in total. The van der Waals surface area contributed by atoms with Crippen molar-refractivity contribution in [2.75, 3.05) is 26.9 Å².